The van der Waals surface area contributed by atoms with Crippen molar-refractivity contribution in [2.24, 2.45) is 5.73 Å². The van der Waals surface area contributed by atoms with E-state index in [1.54, 1.807) is 12.1 Å². The Bertz CT molecular complexity index is 583. The van der Waals surface area contributed by atoms with Crippen LogP contribution in [-0.2, 0) is 4.74 Å². The second kappa shape index (κ2) is 10.3. The number of carbonyl (C=O) groups excluding carboxylic acids is 1. The molecule has 0 radical (unpaired) electrons. The van der Waals surface area contributed by atoms with Gasteiger partial charge in [0.1, 0.15) is 24.7 Å². The highest BCUT2D eigenvalue weighted by Crippen LogP contribution is 2.20. The van der Waals surface area contributed by atoms with Crippen molar-refractivity contribution in [2.45, 2.75) is 38.4 Å². The van der Waals surface area contributed by atoms with E-state index in [0.29, 0.717) is 18.5 Å². The van der Waals surface area contributed by atoms with Gasteiger partial charge in [-0.15, -0.1) is 12.3 Å². The highest BCUT2D eigenvalue weighted by Gasteiger charge is 2.22. The third-order valence-electron chi connectivity index (χ3n) is 3.27. The van der Waals surface area contributed by atoms with Crippen LogP contribution in [0.3, 0.4) is 0 Å². The van der Waals surface area contributed by atoms with Gasteiger partial charge in [0, 0.05) is 4.76 Å². The molecule has 1 heterocycles. The minimum atomic E-state index is -0.995. The smallest absolute Gasteiger partial charge is 0.491 e. The van der Waals surface area contributed by atoms with E-state index in [1.807, 2.05) is 0 Å². The molecule has 0 bridgehead atoms. The van der Waals surface area contributed by atoms with Crippen LogP contribution in [0.15, 0.2) is 24.3 Å². The Morgan fingerprint density at radius 1 is 1.46 bits per heavy atom. The lowest BCUT2D eigenvalue weighted by Gasteiger charge is -2.12. The number of benzene rings is 1. The molecular weight excluding hydrogens is 315 g/mol. The first kappa shape index (κ1) is 19.6. The van der Waals surface area contributed by atoms with Crippen LogP contribution in [0.25, 0.3) is 0 Å². The first-order chi connectivity index (χ1) is 11.4. The number of nitroso groups, excluding NO2 is 1. The average molecular weight is 337 g/mol. The summed E-state index contributed by atoms with van der Waals surface area (Å²) in [5.41, 5.74) is 4.58. The quantitative estimate of drug-likeness (QED) is 0.661. The molecular formula is C17H22FN2O4+. The van der Waals surface area contributed by atoms with Crippen molar-refractivity contribution in [3.8, 4) is 18.1 Å². The summed E-state index contributed by atoms with van der Waals surface area (Å²) in [5.74, 6) is 2.66. The molecule has 0 saturated carbocycles. The number of nitrogens with zero attached hydrogens (tertiary/aromatic N) is 1. The molecule has 1 unspecified atom stereocenters. The van der Waals surface area contributed by atoms with Gasteiger partial charge in [0.15, 0.2) is 0 Å². The minimum absolute atomic E-state index is 0.0220. The van der Waals surface area contributed by atoms with Crippen LogP contribution in [0, 0.1) is 23.1 Å². The lowest BCUT2D eigenvalue weighted by atomic mass is 10.2. The van der Waals surface area contributed by atoms with Gasteiger partial charge < -0.3 is 9.47 Å². The van der Waals surface area contributed by atoms with Crippen LogP contribution >= 0.6 is 0 Å². The summed E-state index contributed by atoms with van der Waals surface area (Å²) < 4.78 is 23.8. The lowest BCUT2D eigenvalue weighted by molar-refractivity contribution is -0.446. The van der Waals surface area contributed by atoms with Crippen molar-refractivity contribution in [3.63, 3.8) is 0 Å². The van der Waals surface area contributed by atoms with Crippen LogP contribution in [0.1, 0.15) is 26.2 Å². The van der Waals surface area contributed by atoms with Gasteiger partial charge in [0.25, 0.3) is 0 Å². The predicted octanol–water partition coefficient (Wildman–Crippen LogP) is 2.64. The van der Waals surface area contributed by atoms with Crippen molar-refractivity contribution in [1.82, 2.24) is 0 Å². The van der Waals surface area contributed by atoms with E-state index in [9.17, 15) is 14.1 Å². The fourth-order valence-electron chi connectivity index (χ4n) is 2.00. The molecule has 0 aromatic heterocycles. The number of nitrogens with two attached hydrogens (primary N) is 1. The number of amides is 2. The summed E-state index contributed by atoms with van der Waals surface area (Å²) in [6.45, 7) is 2.60. The Kier molecular flexibility index (Phi) is 8.44. The molecule has 6 nitrogen and oxygen atoms in total. The number of halogens is 1. The van der Waals surface area contributed by atoms with Crippen molar-refractivity contribution in [3.05, 3.63) is 35.0 Å². The normalized spacial score (nSPS) is 18.9. The summed E-state index contributed by atoms with van der Waals surface area (Å²) in [6.07, 6.45) is 7.72. The van der Waals surface area contributed by atoms with Crippen molar-refractivity contribution >= 4 is 6.03 Å². The first-order valence-electron chi connectivity index (χ1n) is 7.63. The number of rotatable bonds is 5. The molecule has 130 valence electrons. The van der Waals surface area contributed by atoms with Gasteiger partial charge >= 0.3 is 6.03 Å². The number of terminal acetylenes is 1. The summed E-state index contributed by atoms with van der Waals surface area (Å²) in [4.78, 5) is 20.2. The molecule has 1 aromatic carbocycles. The summed E-state index contributed by atoms with van der Waals surface area (Å²) in [6, 6.07) is 5.06. The van der Waals surface area contributed by atoms with E-state index in [4.69, 9.17) is 15.9 Å². The fraction of sp³-hybridized carbons (Fsp3) is 0.471. The van der Waals surface area contributed by atoms with Crippen LogP contribution < -0.4 is 10.5 Å². The van der Waals surface area contributed by atoms with Gasteiger partial charge in [0.05, 0.1) is 18.6 Å². The van der Waals surface area contributed by atoms with Crippen molar-refractivity contribution < 1.29 is 23.4 Å². The second-order valence-electron chi connectivity index (χ2n) is 5.31. The molecule has 0 spiro atoms. The van der Waals surface area contributed by atoms with Crippen LogP contribution in [-0.4, -0.2) is 36.2 Å². The van der Waals surface area contributed by atoms with E-state index >= 15 is 0 Å². The molecule has 2 amide bonds. The molecule has 7 heteroatoms. The van der Waals surface area contributed by atoms with Gasteiger partial charge in [-0.25, -0.2) is 10.1 Å². The van der Waals surface area contributed by atoms with E-state index in [0.717, 1.165) is 12.8 Å². The maximum absolute atomic E-state index is 12.6. The Hall–Kier alpha value is -2.46. The zero-order valence-corrected chi connectivity index (χ0v) is 13.6. The third-order valence-corrected chi connectivity index (χ3v) is 3.27. The third kappa shape index (κ3) is 7.70. The van der Waals surface area contributed by atoms with Crippen LogP contribution in [0.2, 0.25) is 0 Å². The molecule has 2 N–H and O–H groups in total. The van der Waals surface area contributed by atoms with E-state index in [2.05, 4.69) is 18.6 Å². The molecule has 1 saturated heterocycles. The van der Waals surface area contributed by atoms with Gasteiger partial charge in [0.2, 0.25) is 0 Å². The number of urea groups is 1. The van der Waals surface area contributed by atoms with Gasteiger partial charge in [-0.1, -0.05) is 4.91 Å². The Morgan fingerprint density at radius 2 is 2.12 bits per heavy atom. The monoisotopic (exact) mass is 337 g/mol. The Balaban J connectivity index is 0.000000277. The molecule has 1 aliphatic heterocycles. The van der Waals surface area contributed by atoms with Crippen LogP contribution in [0.5, 0.6) is 5.75 Å². The molecule has 1 fully saturated rings. The fourth-order valence-corrected chi connectivity index (χ4v) is 2.00. The molecule has 1 aromatic rings. The van der Waals surface area contributed by atoms with Gasteiger partial charge in [-0.2, -0.15) is 4.79 Å². The maximum atomic E-state index is 12.6. The van der Waals surface area contributed by atoms with Crippen molar-refractivity contribution in [1.29, 1.82) is 0 Å². The summed E-state index contributed by atoms with van der Waals surface area (Å²) >= 11 is 0. The van der Waals surface area contributed by atoms with Crippen molar-refractivity contribution in [2.75, 3.05) is 13.2 Å². The lowest BCUT2D eigenvalue weighted by Crippen LogP contribution is -2.25. The predicted molar refractivity (Wildman–Crippen MR) is 87.0 cm³/mol. The topological polar surface area (TPSA) is 81.6 Å². The minimum Gasteiger partial charge on any atom is -0.491 e. The molecule has 2 atom stereocenters. The Morgan fingerprint density at radius 3 is 2.62 bits per heavy atom. The second-order valence-corrected chi connectivity index (χ2v) is 5.31. The van der Waals surface area contributed by atoms with Crippen LogP contribution in [0.4, 0.5) is 9.18 Å². The number of hydrogen-bond donors (Lipinski definition) is 1. The number of hydrogen-bond acceptors (Lipinski definition) is 4. The van der Waals surface area contributed by atoms with Gasteiger partial charge in [-0.3, -0.25) is 0 Å². The highest BCUT2D eigenvalue weighted by atomic mass is 19.1. The van der Waals surface area contributed by atoms with E-state index < -0.39 is 6.03 Å². The number of carbonyl (C=O) groups is 1. The maximum Gasteiger partial charge on any atom is 0.527 e. The highest BCUT2D eigenvalue weighted by molar-refractivity contribution is 5.61. The summed E-state index contributed by atoms with van der Waals surface area (Å²) in [5, 5.41) is 0. The van der Waals surface area contributed by atoms with E-state index in [-0.39, 0.29) is 29.6 Å². The largest absolute Gasteiger partial charge is 0.527 e. The molecule has 2 rings (SSSR count). The van der Waals surface area contributed by atoms with E-state index in [1.165, 1.54) is 12.1 Å². The Labute approximate surface area is 140 Å². The SMILES string of the molecule is C#CCC[N+](=O)C(N)=O.C[C@@H]1CCC(COc2ccc(F)cc2)O1. The molecule has 1 aliphatic rings. The average Bonchev–Trinajstić information content (AvgIpc) is 2.98. The zero-order chi connectivity index (χ0) is 17.9. The number of primary amides is 1. The molecule has 0 aliphatic carbocycles. The first-order valence-corrected chi connectivity index (χ1v) is 7.63. The molecule has 24 heavy (non-hydrogen) atoms. The number of ether oxygens (including phenoxy) is 2. The standard InChI is InChI=1S/C12H15FO2.C5H6N2O2/c1-9-2-5-12(15-9)8-14-11-6-3-10(13)4-7-11;1-2-3-4-7(9)5(6)8/h3-4,6-7,9,12H,2,5,8H2,1H3;1H,3-4H2,(H-,6,8)/p+1/t9-,12?;/m1./s1. The van der Waals surface area contributed by atoms with Gasteiger partial charge in [-0.05, 0) is 44.0 Å². The zero-order valence-electron chi connectivity index (χ0n) is 13.6. The summed E-state index contributed by atoms with van der Waals surface area (Å²) in [7, 11) is 0.